The first-order valence-electron chi connectivity index (χ1n) is 15.7. The first-order valence-corrected chi connectivity index (χ1v) is 15.7. The van der Waals surface area contributed by atoms with Gasteiger partial charge in [0.15, 0.2) is 6.10 Å². The van der Waals surface area contributed by atoms with E-state index in [2.05, 4.69) is 25.8 Å². The number of likely N-dealkylation sites (N-methyl/N-ethyl adjacent to an activating group) is 1. The molecule has 4 aliphatic carbocycles. The molecule has 6 rings (SSSR count). The minimum absolute atomic E-state index is 0.0466. The molecule has 0 bridgehead atoms. The molecule has 2 saturated heterocycles. The molecule has 2 aliphatic heterocycles. The molecule has 0 aromatic carbocycles. The van der Waals surface area contributed by atoms with Crippen LogP contribution in [0.5, 0.6) is 0 Å². The fourth-order valence-electron chi connectivity index (χ4n) is 11.2. The monoisotopic (exact) mass is 517 g/mol. The molecule has 3 unspecified atom stereocenters. The number of quaternary nitrogens is 1. The van der Waals surface area contributed by atoms with Crippen LogP contribution >= 0.6 is 0 Å². The van der Waals surface area contributed by atoms with Crippen molar-refractivity contribution in [1.29, 1.82) is 0 Å². The van der Waals surface area contributed by atoms with Gasteiger partial charge in [0.25, 0.3) is 0 Å². The number of ether oxygens (including phenoxy) is 1. The molecule has 0 amide bonds. The molecule has 4 saturated carbocycles. The van der Waals surface area contributed by atoms with Gasteiger partial charge in [0, 0.05) is 50.7 Å². The molecule has 6 nitrogen and oxygen atoms in total. The number of aliphatic hydroxyl groups excluding tert-OH is 2. The standard InChI is InChI=1S/C31H53N2O4/c1-20(34)37-29-27(33(4)15-5-6-16-33)18-25-23-8-7-21-17-28(36)26(32-13-10-22(35)11-14-32)19-31(21,3)24(23)9-12-30(25,29)2/h21-29,35-36H,5-19H2,1-4H3/q+1/t21-,23?,24?,25?,26-,27-,28-,29-,30-,31-/m0/s1. The van der Waals surface area contributed by atoms with Crippen LogP contribution in [0.15, 0.2) is 0 Å². The highest BCUT2D eigenvalue weighted by molar-refractivity contribution is 5.66. The summed E-state index contributed by atoms with van der Waals surface area (Å²) in [5.41, 5.74) is 0.354. The van der Waals surface area contributed by atoms with Gasteiger partial charge in [-0.25, -0.2) is 0 Å². The first-order chi connectivity index (χ1) is 17.5. The summed E-state index contributed by atoms with van der Waals surface area (Å²) in [7, 11) is 2.44. The van der Waals surface area contributed by atoms with Gasteiger partial charge in [-0.2, -0.15) is 0 Å². The number of rotatable bonds is 3. The molecule has 210 valence electrons. The number of hydrogen-bond donors (Lipinski definition) is 2. The third kappa shape index (κ3) is 4.22. The van der Waals surface area contributed by atoms with Crippen molar-refractivity contribution in [3.05, 3.63) is 0 Å². The molecule has 0 spiro atoms. The maximum absolute atomic E-state index is 12.4. The normalized spacial score (nSPS) is 50.2. The quantitative estimate of drug-likeness (QED) is 0.438. The van der Waals surface area contributed by atoms with Gasteiger partial charge in [0.05, 0.1) is 32.3 Å². The molecule has 0 aromatic rings. The van der Waals surface area contributed by atoms with E-state index in [1.807, 2.05) is 0 Å². The Hall–Kier alpha value is -0.690. The molecule has 6 heteroatoms. The highest BCUT2D eigenvalue weighted by Crippen LogP contribution is 2.67. The van der Waals surface area contributed by atoms with Crippen LogP contribution in [0, 0.1) is 34.5 Å². The Balaban J connectivity index is 1.27. The number of nitrogens with zero attached hydrogens (tertiary/aromatic N) is 2. The lowest BCUT2D eigenvalue weighted by Gasteiger charge is -2.62. The molecule has 0 radical (unpaired) electrons. The summed E-state index contributed by atoms with van der Waals surface area (Å²) in [5, 5.41) is 21.3. The number of piperidine rings is 1. The lowest BCUT2D eigenvalue weighted by Crippen LogP contribution is -2.61. The lowest BCUT2D eigenvalue weighted by atomic mass is 9.44. The van der Waals surface area contributed by atoms with Crippen LogP contribution in [0.3, 0.4) is 0 Å². The molecule has 37 heavy (non-hydrogen) atoms. The fraction of sp³-hybridized carbons (Fsp3) is 0.968. The predicted octanol–water partition coefficient (Wildman–Crippen LogP) is 3.98. The average Bonchev–Trinajstić information content (AvgIpc) is 3.42. The highest BCUT2D eigenvalue weighted by Gasteiger charge is 2.67. The van der Waals surface area contributed by atoms with Crippen molar-refractivity contribution in [2.75, 3.05) is 33.2 Å². The number of esters is 1. The number of likely N-dealkylation sites (tertiary alicyclic amines) is 2. The molecule has 10 atom stereocenters. The Morgan fingerprint density at radius 2 is 1.65 bits per heavy atom. The van der Waals surface area contributed by atoms with E-state index in [0.29, 0.717) is 29.7 Å². The number of hydrogen-bond acceptors (Lipinski definition) is 5. The van der Waals surface area contributed by atoms with Crippen molar-refractivity contribution in [2.24, 2.45) is 34.5 Å². The summed E-state index contributed by atoms with van der Waals surface area (Å²) >= 11 is 0. The number of carbonyl (C=O) groups excluding carboxylic acids is 1. The Kier molecular flexibility index (Phi) is 6.78. The van der Waals surface area contributed by atoms with E-state index < -0.39 is 0 Å². The van der Waals surface area contributed by atoms with Crippen LogP contribution in [0.25, 0.3) is 0 Å². The van der Waals surface area contributed by atoms with E-state index in [1.165, 1.54) is 58.0 Å². The molecule has 6 fully saturated rings. The maximum atomic E-state index is 12.4. The van der Waals surface area contributed by atoms with Crippen LogP contribution < -0.4 is 0 Å². The Labute approximate surface area is 224 Å². The van der Waals surface area contributed by atoms with Crippen molar-refractivity contribution in [2.45, 2.75) is 122 Å². The second-order valence-corrected chi connectivity index (χ2v) is 15.0. The van der Waals surface area contributed by atoms with Crippen LogP contribution in [0.1, 0.15) is 91.4 Å². The van der Waals surface area contributed by atoms with Crippen LogP contribution in [-0.4, -0.2) is 89.2 Å². The molecular weight excluding hydrogens is 464 g/mol. The minimum atomic E-state index is -0.234. The van der Waals surface area contributed by atoms with Gasteiger partial charge in [-0.05, 0) is 80.5 Å². The second kappa shape index (κ2) is 9.45. The minimum Gasteiger partial charge on any atom is -0.456 e. The molecule has 6 aliphatic rings. The predicted molar refractivity (Wildman–Crippen MR) is 144 cm³/mol. The molecule has 2 N–H and O–H groups in total. The number of carbonyl (C=O) groups is 1. The van der Waals surface area contributed by atoms with E-state index in [4.69, 9.17) is 4.74 Å². The third-order valence-electron chi connectivity index (χ3n) is 13.3. The summed E-state index contributed by atoms with van der Waals surface area (Å²) < 4.78 is 7.38. The van der Waals surface area contributed by atoms with Gasteiger partial charge in [0.1, 0.15) is 6.04 Å². The van der Waals surface area contributed by atoms with E-state index >= 15 is 0 Å². The van der Waals surface area contributed by atoms with Crippen molar-refractivity contribution >= 4 is 5.97 Å². The smallest absolute Gasteiger partial charge is 0.303 e. The van der Waals surface area contributed by atoms with Crippen molar-refractivity contribution in [3.63, 3.8) is 0 Å². The fourth-order valence-corrected chi connectivity index (χ4v) is 11.2. The van der Waals surface area contributed by atoms with Gasteiger partial charge < -0.3 is 19.4 Å². The van der Waals surface area contributed by atoms with Crippen LogP contribution in [0.2, 0.25) is 0 Å². The summed E-state index contributed by atoms with van der Waals surface area (Å²) in [6.45, 7) is 11.0. The lowest BCUT2D eigenvalue weighted by molar-refractivity contribution is -0.924. The first kappa shape index (κ1) is 26.5. The van der Waals surface area contributed by atoms with Gasteiger partial charge in [-0.3, -0.25) is 9.69 Å². The SMILES string of the molecule is CC(=O)O[C@H]1[C@@H]([N+]2(C)CCCC2)CC2C3CC[C@H]4C[C@H](O)[C@@H](N5CCC(O)CC5)C[C@]4(C)C3CC[C@@]21C. The van der Waals surface area contributed by atoms with Crippen LogP contribution in [0.4, 0.5) is 0 Å². The third-order valence-corrected chi connectivity index (χ3v) is 13.3. The number of fused-ring (bicyclic) bond motifs is 5. The topological polar surface area (TPSA) is 70.0 Å². The molecular formula is C31H53N2O4+. The van der Waals surface area contributed by atoms with E-state index in [9.17, 15) is 15.0 Å². The summed E-state index contributed by atoms with van der Waals surface area (Å²) in [5.74, 6) is 2.55. The Morgan fingerprint density at radius 1 is 0.946 bits per heavy atom. The van der Waals surface area contributed by atoms with Crippen molar-refractivity contribution < 1.29 is 24.2 Å². The molecule has 0 aromatic heterocycles. The van der Waals surface area contributed by atoms with Gasteiger partial charge in [-0.1, -0.05) is 13.8 Å². The summed E-state index contributed by atoms with van der Waals surface area (Å²) in [4.78, 5) is 14.9. The van der Waals surface area contributed by atoms with Gasteiger partial charge in [-0.15, -0.1) is 0 Å². The second-order valence-electron chi connectivity index (χ2n) is 15.0. The average molecular weight is 518 g/mol. The molecule has 2 heterocycles. The Morgan fingerprint density at radius 3 is 2.32 bits per heavy atom. The van der Waals surface area contributed by atoms with Crippen LogP contribution in [-0.2, 0) is 9.53 Å². The largest absolute Gasteiger partial charge is 0.456 e. The van der Waals surface area contributed by atoms with Gasteiger partial charge >= 0.3 is 5.97 Å². The van der Waals surface area contributed by atoms with E-state index in [1.54, 1.807) is 6.92 Å². The zero-order valence-corrected chi connectivity index (χ0v) is 23.9. The number of aliphatic hydroxyl groups is 2. The van der Waals surface area contributed by atoms with Crippen molar-refractivity contribution in [3.8, 4) is 0 Å². The van der Waals surface area contributed by atoms with E-state index in [0.717, 1.165) is 43.3 Å². The Bertz CT molecular complexity index is 867. The summed E-state index contributed by atoms with van der Waals surface area (Å²) in [6, 6.07) is 0.673. The van der Waals surface area contributed by atoms with E-state index in [-0.39, 0.29) is 41.2 Å². The maximum Gasteiger partial charge on any atom is 0.303 e. The van der Waals surface area contributed by atoms with Crippen molar-refractivity contribution in [1.82, 2.24) is 4.90 Å². The zero-order valence-electron chi connectivity index (χ0n) is 23.9. The summed E-state index contributed by atoms with van der Waals surface area (Å²) in [6.07, 6.45) is 12.1. The highest BCUT2D eigenvalue weighted by atomic mass is 16.5. The van der Waals surface area contributed by atoms with Gasteiger partial charge in [0.2, 0.25) is 0 Å². The zero-order chi connectivity index (χ0) is 26.2.